The van der Waals surface area contributed by atoms with Crippen LogP contribution in [0.5, 0.6) is 5.75 Å². The van der Waals surface area contributed by atoms with Crippen LogP contribution >= 0.6 is 19.4 Å². The fraction of sp³-hybridized carbons (Fsp3) is 0.647. The standard InChI is InChI=1S/C34H54ClO6P/c1-2-3-4-5-6-7-8-9-10-11-12-13-14-15-16-22-27-38-29-32(39-28-31-23-18-17-19-24-31)30-40-42(36,37)41-34-26-21-20-25-33(34)35/h17-21,23-26,32H,2-16,22,27-30H2,1H3,(H,36,37)/p-1/t32-/m1/s1. The molecule has 0 spiro atoms. The van der Waals surface area contributed by atoms with Crippen molar-refractivity contribution in [1.82, 2.24) is 0 Å². The molecule has 42 heavy (non-hydrogen) atoms. The summed E-state index contributed by atoms with van der Waals surface area (Å²) in [7, 11) is -4.64. The molecule has 0 bridgehead atoms. The van der Waals surface area contributed by atoms with Crippen molar-refractivity contribution >= 4 is 19.4 Å². The lowest BCUT2D eigenvalue weighted by Crippen LogP contribution is -2.27. The first-order chi connectivity index (χ1) is 20.5. The Morgan fingerprint density at radius 3 is 1.81 bits per heavy atom. The van der Waals surface area contributed by atoms with Gasteiger partial charge in [0, 0.05) is 6.61 Å². The number of unbranched alkanes of at least 4 members (excludes halogenated alkanes) is 15. The van der Waals surface area contributed by atoms with Crippen molar-refractivity contribution in [3.05, 3.63) is 65.2 Å². The number of rotatable bonds is 27. The van der Waals surface area contributed by atoms with Crippen LogP contribution in [0.15, 0.2) is 54.6 Å². The van der Waals surface area contributed by atoms with Crippen LogP contribution < -0.4 is 9.42 Å². The van der Waals surface area contributed by atoms with E-state index >= 15 is 0 Å². The van der Waals surface area contributed by atoms with Gasteiger partial charge >= 0.3 is 7.82 Å². The summed E-state index contributed by atoms with van der Waals surface area (Å²) in [6.07, 6.45) is 20.6. The highest BCUT2D eigenvalue weighted by atomic mass is 35.5. The minimum Gasteiger partial charge on any atom is -0.746 e. The number of halogens is 1. The molecule has 0 fully saturated rings. The van der Waals surface area contributed by atoms with Gasteiger partial charge in [0.25, 0.3) is 0 Å². The lowest BCUT2D eigenvalue weighted by atomic mass is 10.0. The van der Waals surface area contributed by atoms with E-state index in [0.29, 0.717) is 13.2 Å². The van der Waals surface area contributed by atoms with E-state index in [1.54, 1.807) is 18.2 Å². The maximum atomic E-state index is 12.4. The largest absolute Gasteiger partial charge is 0.746 e. The van der Waals surface area contributed by atoms with E-state index in [1.807, 2.05) is 30.3 Å². The molecule has 0 aliphatic carbocycles. The first-order valence-corrected chi connectivity index (χ1v) is 18.0. The van der Waals surface area contributed by atoms with Crippen molar-refractivity contribution in [2.75, 3.05) is 19.8 Å². The summed E-state index contributed by atoms with van der Waals surface area (Å²) in [5.74, 6) is 0.0269. The highest BCUT2D eigenvalue weighted by molar-refractivity contribution is 7.46. The average Bonchev–Trinajstić information content (AvgIpc) is 2.99. The van der Waals surface area contributed by atoms with Crippen molar-refractivity contribution in [2.45, 2.75) is 122 Å². The van der Waals surface area contributed by atoms with Crippen molar-refractivity contribution in [2.24, 2.45) is 0 Å². The van der Waals surface area contributed by atoms with Gasteiger partial charge in [-0.1, -0.05) is 157 Å². The van der Waals surface area contributed by atoms with E-state index in [1.165, 1.54) is 96.0 Å². The van der Waals surface area contributed by atoms with E-state index in [-0.39, 0.29) is 24.0 Å². The smallest absolute Gasteiger partial charge is 0.319 e. The Balaban J connectivity index is 1.55. The van der Waals surface area contributed by atoms with Crippen LogP contribution in [0.1, 0.15) is 115 Å². The average molecular weight is 624 g/mol. The van der Waals surface area contributed by atoms with E-state index in [4.69, 9.17) is 30.1 Å². The molecule has 0 aliphatic heterocycles. The number of phosphoric ester groups is 1. The number of benzene rings is 2. The van der Waals surface area contributed by atoms with Crippen LogP contribution in [0.3, 0.4) is 0 Å². The molecule has 0 saturated heterocycles. The molecule has 2 atom stereocenters. The summed E-state index contributed by atoms with van der Waals surface area (Å²) in [5.41, 5.74) is 0.984. The van der Waals surface area contributed by atoms with Crippen molar-refractivity contribution in [3.63, 3.8) is 0 Å². The summed E-state index contributed by atoms with van der Waals surface area (Å²) < 4.78 is 34.4. The van der Waals surface area contributed by atoms with E-state index < -0.39 is 13.9 Å². The molecular formula is C34H53ClO6P-. The van der Waals surface area contributed by atoms with Gasteiger partial charge < -0.3 is 23.4 Å². The van der Waals surface area contributed by atoms with Crippen LogP contribution in [-0.2, 0) is 25.2 Å². The molecule has 0 aromatic heterocycles. The molecule has 0 N–H and O–H groups in total. The van der Waals surface area contributed by atoms with Gasteiger partial charge in [-0.3, -0.25) is 4.57 Å². The quantitative estimate of drug-likeness (QED) is 0.0728. The van der Waals surface area contributed by atoms with Crippen LogP contribution in [0, 0.1) is 0 Å². The molecule has 0 heterocycles. The molecule has 2 aromatic carbocycles. The fourth-order valence-corrected chi connectivity index (χ4v) is 5.77. The number of hydrogen-bond donors (Lipinski definition) is 0. The summed E-state index contributed by atoms with van der Waals surface area (Å²) in [5, 5.41) is 0.191. The van der Waals surface area contributed by atoms with Crippen LogP contribution in [0.4, 0.5) is 0 Å². The first-order valence-electron chi connectivity index (χ1n) is 16.1. The first kappa shape index (κ1) is 36.8. The highest BCUT2D eigenvalue weighted by Crippen LogP contribution is 2.42. The normalized spacial score (nSPS) is 13.6. The molecule has 1 unspecified atom stereocenters. The number of para-hydroxylation sites is 1. The minimum absolute atomic E-state index is 0.0269. The predicted octanol–water partition coefficient (Wildman–Crippen LogP) is 10.1. The van der Waals surface area contributed by atoms with E-state index in [2.05, 4.69) is 6.92 Å². The monoisotopic (exact) mass is 623 g/mol. The molecule has 6 nitrogen and oxygen atoms in total. The van der Waals surface area contributed by atoms with Gasteiger partial charge in [0.05, 0.1) is 24.8 Å². The Morgan fingerprint density at radius 2 is 1.24 bits per heavy atom. The molecule has 8 heteroatoms. The third-order valence-electron chi connectivity index (χ3n) is 7.24. The topological polar surface area (TPSA) is 77.1 Å². The van der Waals surface area contributed by atoms with Crippen LogP contribution in [-0.4, -0.2) is 25.9 Å². The van der Waals surface area contributed by atoms with Crippen molar-refractivity contribution < 1.29 is 28.0 Å². The molecule has 238 valence electrons. The fourth-order valence-electron chi connectivity index (χ4n) is 4.74. The Kier molecular flexibility index (Phi) is 21.0. The summed E-state index contributed by atoms with van der Waals surface area (Å²) in [6, 6.07) is 16.1. The zero-order chi connectivity index (χ0) is 30.1. The molecule has 0 radical (unpaired) electrons. The number of ether oxygens (including phenoxy) is 2. The summed E-state index contributed by atoms with van der Waals surface area (Å²) in [4.78, 5) is 12.4. The summed E-state index contributed by atoms with van der Waals surface area (Å²) in [6.45, 7) is 3.23. The molecule has 0 amide bonds. The van der Waals surface area contributed by atoms with E-state index in [9.17, 15) is 9.46 Å². The molecule has 2 rings (SSSR count). The zero-order valence-corrected chi connectivity index (χ0v) is 27.3. The Morgan fingerprint density at radius 1 is 0.714 bits per heavy atom. The van der Waals surface area contributed by atoms with Gasteiger partial charge in [-0.05, 0) is 24.1 Å². The second kappa shape index (κ2) is 24.0. The SMILES string of the molecule is CCCCCCCCCCCCCCCCCCOC[C@H](COP(=O)([O-])Oc1ccccc1Cl)OCc1ccccc1. The van der Waals surface area contributed by atoms with E-state index in [0.717, 1.165) is 18.4 Å². The third-order valence-corrected chi connectivity index (χ3v) is 8.44. The Bertz CT molecular complexity index is 960. The third kappa shape index (κ3) is 19.0. The molecular weight excluding hydrogens is 571 g/mol. The maximum Gasteiger partial charge on any atom is 0.319 e. The van der Waals surface area contributed by atoms with Crippen LogP contribution in [0.2, 0.25) is 5.02 Å². The highest BCUT2D eigenvalue weighted by Gasteiger charge is 2.18. The van der Waals surface area contributed by atoms with Gasteiger partial charge in [-0.15, -0.1) is 0 Å². The lowest BCUT2D eigenvalue weighted by Gasteiger charge is -2.26. The van der Waals surface area contributed by atoms with Crippen molar-refractivity contribution in [1.29, 1.82) is 0 Å². The second-order valence-corrected chi connectivity index (χ2v) is 12.8. The van der Waals surface area contributed by atoms with Crippen LogP contribution in [0.25, 0.3) is 0 Å². The Hall–Kier alpha value is -1.40. The minimum atomic E-state index is -4.64. The molecule has 0 saturated carbocycles. The van der Waals surface area contributed by atoms with Crippen molar-refractivity contribution in [3.8, 4) is 5.75 Å². The van der Waals surface area contributed by atoms with Gasteiger partial charge in [0.1, 0.15) is 11.9 Å². The lowest BCUT2D eigenvalue weighted by molar-refractivity contribution is -0.220. The van der Waals surface area contributed by atoms with Gasteiger partial charge in [0.2, 0.25) is 0 Å². The molecule has 2 aromatic rings. The number of hydrogen-bond acceptors (Lipinski definition) is 6. The number of phosphoric acid groups is 1. The van der Waals surface area contributed by atoms with Gasteiger partial charge in [0.15, 0.2) is 0 Å². The van der Waals surface area contributed by atoms with Gasteiger partial charge in [-0.2, -0.15) is 0 Å². The zero-order valence-electron chi connectivity index (χ0n) is 25.7. The summed E-state index contributed by atoms with van der Waals surface area (Å²) >= 11 is 6.01. The molecule has 0 aliphatic rings. The van der Waals surface area contributed by atoms with Gasteiger partial charge in [-0.25, -0.2) is 0 Å². The second-order valence-electron chi connectivity index (χ2n) is 11.1. The Labute approximate surface area is 260 Å². The maximum absolute atomic E-state index is 12.4. The predicted molar refractivity (Wildman–Crippen MR) is 171 cm³/mol.